The molecule has 1 fully saturated rings. The molecule has 0 saturated carbocycles. The van der Waals surface area contributed by atoms with Crippen LogP contribution in [0.2, 0.25) is 0 Å². The van der Waals surface area contributed by atoms with E-state index in [9.17, 15) is 18.5 Å². The Morgan fingerprint density at radius 2 is 1.91 bits per heavy atom. The number of ketones is 1. The number of pyridine rings is 1. The van der Waals surface area contributed by atoms with Crippen molar-refractivity contribution in [3.8, 4) is 11.3 Å². The molecule has 2 heterocycles. The highest BCUT2D eigenvalue weighted by Gasteiger charge is 2.31. The van der Waals surface area contributed by atoms with Crippen molar-refractivity contribution in [1.82, 2.24) is 4.98 Å². The topological polar surface area (TPSA) is 67.3 Å². The van der Waals surface area contributed by atoms with Crippen molar-refractivity contribution in [2.24, 2.45) is 5.92 Å². The summed E-state index contributed by atoms with van der Waals surface area (Å²) in [4.78, 5) is 32.1. The predicted molar refractivity (Wildman–Crippen MR) is 138 cm³/mol. The van der Waals surface area contributed by atoms with E-state index in [-0.39, 0.29) is 30.3 Å². The van der Waals surface area contributed by atoms with E-state index < -0.39 is 13.1 Å². The number of carbonyl (C=O) groups is 2. The Hall–Kier alpha value is -3.11. The zero-order valence-corrected chi connectivity index (χ0v) is 21.2. The maximum Gasteiger partial charge on any atom is 0.230 e. The number of nitrogens with zero attached hydrogens (tertiary/aromatic N) is 2. The van der Waals surface area contributed by atoms with Crippen molar-refractivity contribution in [3.63, 3.8) is 0 Å². The fourth-order valence-electron chi connectivity index (χ4n) is 4.62. The third kappa shape index (κ3) is 5.76. The first-order chi connectivity index (χ1) is 16.6. The zero-order valence-electron chi connectivity index (χ0n) is 20.3. The van der Waals surface area contributed by atoms with Gasteiger partial charge < -0.3 is 9.46 Å². The van der Waals surface area contributed by atoms with Crippen molar-refractivity contribution < 1.29 is 18.5 Å². The predicted octanol–water partition coefficient (Wildman–Crippen LogP) is 5.39. The van der Waals surface area contributed by atoms with Gasteiger partial charge in [0.1, 0.15) is 18.7 Å². The highest BCUT2D eigenvalue weighted by Crippen LogP contribution is 2.38. The van der Waals surface area contributed by atoms with Gasteiger partial charge in [-0.3, -0.25) is 14.6 Å². The molecule has 1 aliphatic heterocycles. The third-order valence-electron chi connectivity index (χ3n) is 6.44. The fourth-order valence-corrected chi connectivity index (χ4v) is 5.83. The largest absolute Gasteiger partial charge is 0.319 e. The minimum Gasteiger partial charge on any atom is -0.319 e. The maximum atomic E-state index is 14.1. The van der Waals surface area contributed by atoms with E-state index in [1.807, 2.05) is 36.4 Å². The van der Waals surface area contributed by atoms with Gasteiger partial charge in [0.2, 0.25) is 5.91 Å². The van der Waals surface area contributed by atoms with Gasteiger partial charge >= 0.3 is 0 Å². The Labute approximate surface area is 205 Å². The van der Waals surface area contributed by atoms with Crippen LogP contribution in [0, 0.1) is 18.7 Å². The quantitative estimate of drug-likeness (QED) is 0.415. The second-order valence-electron chi connectivity index (χ2n) is 9.61. The molecule has 0 radical (unpaired) electrons. The Kier molecular flexibility index (Phi) is 7.32. The summed E-state index contributed by atoms with van der Waals surface area (Å²) < 4.78 is 26.9. The lowest BCUT2D eigenvalue weighted by atomic mass is 9.90. The number of hydrogen-bond donors (Lipinski definition) is 0. The summed E-state index contributed by atoms with van der Waals surface area (Å²) in [6.07, 6.45) is 3.17. The summed E-state index contributed by atoms with van der Waals surface area (Å²) in [5, 5.41) is 0.776. The molecule has 35 heavy (non-hydrogen) atoms. The molecule has 0 N–H and O–H groups in total. The monoisotopic (exact) mass is 492 g/mol. The van der Waals surface area contributed by atoms with Crippen molar-refractivity contribution in [2.75, 3.05) is 24.8 Å². The molecule has 5 nitrogen and oxygen atoms in total. The Bertz CT molecular complexity index is 1300. The van der Waals surface area contributed by atoms with E-state index in [0.29, 0.717) is 29.9 Å². The Morgan fingerprint density at radius 1 is 1.14 bits per heavy atom. The van der Waals surface area contributed by atoms with E-state index in [1.54, 1.807) is 43.5 Å². The van der Waals surface area contributed by atoms with Gasteiger partial charge in [-0.2, -0.15) is 0 Å². The molecule has 7 heteroatoms. The van der Waals surface area contributed by atoms with Crippen LogP contribution in [0.5, 0.6) is 0 Å². The lowest BCUT2D eigenvalue weighted by Gasteiger charge is -2.32. The van der Waals surface area contributed by atoms with Crippen molar-refractivity contribution >= 4 is 29.8 Å². The molecule has 1 aliphatic rings. The molecule has 0 spiro atoms. The van der Waals surface area contributed by atoms with Crippen molar-refractivity contribution in [3.05, 3.63) is 77.7 Å². The molecule has 4 rings (SSSR count). The van der Waals surface area contributed by atoms with E-state index in [0.717, 1.165) is 22.9 Å². The van der Waals surface area contributed by atoms with Crippen LogP contribution in [0.4, 0.5) is 10.1 Å². The molecule has 0 unspecified atom stereocenters. The number of benzene rings is 2. The summed E-state index contributed by atoms with van der Waals surface area (Å²) >= 11 is 0. The van der Waals surface area contributed by atoms with E-state index in [1.165, 1.54) is 6.07 Å². The highest BCUT2D eigenvalue weighted by molar-refractivity contribution is 7.70. The second-order valence-corrected chi connectivity index (χ2v) is 12.8. The fraction of sp³-hybridized carbons (Fsp3) is 0.321. The highest BCUT2D eigenvalue weighted by atomic mass is 31.2. The number of aromatic nitrogens is 1. The molecule has 2 aromatic carbocycles. The number of aryl methyl sites for hydroxylation is 1. The molecule has 1 atom stereocenters. The molecule has 1 saturated heterocycles. The first-order valence-corrected chi connectivity index (χ1v) is 14.4. The molecule has 0 bridgehead atoms. The van der Waals surface area contributed by atoms with E-state index in [2.05, 4.69) is 4.98 Å². The van der Waals surface area contributed by atoms with Crippen LogP contribution in [0.3, 0.4) is 0 Å². The van der Waals surface area contributed by atoms with Gasteiger partial charge in [-0.05, 0) is 62.4 Å². The first-order valence-electron chi connectivity index (χ1n) is 11.8. The lowest BCUT2D eigenvalue weighted by molar-refractivity contribution is -0.128. The van der Waals surface area contributed by atoms with Crippen molar-refractivity contribution in [2.45, 2.75) is 32.6 Å². The van der Waals surface area contributed by atoms with Gasteiger partial charge in [-0.15, -0.1) is 0 Å². The molecule has 1 amide bonds. The average molecular weight is 493 g/mol. The zero-order chi connectivity index (χ0) is 25.2. The van der Waals surface area contributed by atoms with Crippen LogP contribution in [-0.2, 0) is 20.6 Å². The average Bonchev–Trinajstić information content (AvgIpc) is 2.82. The summed E-state index contributed by atoms with van der Waals surface area (Å²) in [6, 6.07) is 16.1. The lowest BCUT2D eigenvalue weighted by Crippen LogP contribution is -2.42. The molecule has 182 valence electrons. The second kappa shape index (κ2) is 10.2. The van der Waals surface area contributed by atoms with Crippen molar-refractivity contribution in [1.29, 1.82) is 0 Å². The molecular weight excluding hydrogens is 462 g/mol. The molecule has 3 aromatic rings. The minimum absolute atomic E-state index is 0.00965. The van der Waals surface area contributed by atoms with Gasteiger partial charge in [-0.1, -0.05) is 36.4 Å². The van der Waals surface area contributed by atoms with E-state index >= 15 is 0 Å². The number of amides is 1. The Balaban J connectivity index is 1.47. The maximum absolute atomic E-state index is 14.1. The van der Waals surface area contributed by atoms with Crippen LogP contribution in [0.25, 0.3) is 11.3 Å². The number of carbonyl (C=O) groups excluding carboxylic acids is 2. The SMILES string of the molecule is Cc1ccc(CC(=O)C[C@@H]2CCCN(c3ccc(-c4ccccc4P(C)(C)=O)nc3)C2=O)c(F)c1. The summed E-state index contributed by atoms with van der Waals surface area (Å²) in [7, 11) is -2.48. The number of Topliss-reactive ketones (excluding diaryl/α,β-unsaturated/α-hetero) is 1. The van der Waals surface area contributed by atoms with E-state index in [4.69, 9.17) is 0 Å². The number of hydrogen-bond acceptors (Lipinski definition) is 4. The van der Waals surface area contributed by atoms with Gasteiger partial charge in [0.05, 0.1) is 17.6 Å². The van der Waals surface area contributed by atoms with Crippen LogP contribution in [0.1, 0.15) is 30.4 Å². The van der Waals surface area contributed by atoms with Gasteiger partial charge in [-0.25, -0.2) is 4.39 Å². The smallest absolute Gasteiger partial charge is 0.230 e. The molecule has 0 aliphatic carbocycles. The Morgan fingerprint density at radius 3 is 2.60 bits per heavy atom. The normalized spacial score (nSPS) is 16.4. The van der Waals surface area contributed by atoms with Crippen LogP contribution < -0.4 is 10.2 Å². The third-order valence-corrected chi connectivity index (χ3v) is 7.99. The van der Waals surface area contributed by atoms with Gasteiger partial charge in [0, 0.05) is 36.2 Å². The molecule has 1 aromatic heterocycles. The standard InChI is InChI=1S/C28H30FN2O3P/c1-19-10-11-20(25(29)15-19)16-23(32)17-21-7-6-14-31(28(21)33)22-12-13-26(30-18-22)24-8-4-5-9-27(24)35(2,3)34/h4-5,8-13,15,18,21H,6-7,14,16-17H2,1-3H3/t21-/m0/s1. The molecular formula is C28H30FN2O3P. The van der Waals surface area contributed by atoms with Gasteiger partial charge in [0.25, 0.3) is 0 Å². The number of anilines is 1. The summed E-state index contributed by atoms with van der Waals surface area (Å²) in [5.74, 6) is -1.04. The number of rotatable bonds is 7. The summed E-state index contributed by atoms with van der Waals surface area (Å²) in [5.41, 5.74) is 3.37. The van der Waals surface area contributed by atoms with Crippen LogP contribution >= 0.6 is 7.14 Å². The summed E-state index contributed by atoms with van der Waals surface area (Å²) in [6.45, 7) is 5.84. The van der Waals surface area contributed by atoms with Gasteiger partial charge in [0.15, 0.2) is 0 Å². The first kappa shape index (κ1) is 25.0. The number of piperidine rings is 1. The minimum atomic E-state index is -2.48. The van der Waals surface area contributed by atoms with Crippen LogP contribution in [-0.4, -0.2) is 36.5 Å². The number of halogens is 1. The van der Waals surface area contributed by atoms with Crippen LogP contribution in [0.15, 0.2) is 60.8 Å².